The van der Waals surface area contributed by atoms with E-state index in [0.717, 1.165) is 23.3 Å². The Bertz CT molecular complexity index is 902. The Morgan fingerprint density at radius 3 is 1.35 bits per heavy atom. The van der Waals surface area contributed by atoms with Crippen LogP contribution in [0.15, 0.2) is 72.8 Å². The van der Waals surface area contributed by atoms with Gasteiger partial charge >= 0.3 is 24.0 Å². The number of urea groups is 2. The number of nitrogens with one attached hydrogen (secondary N) is 4. The van der Waals surface area contributed by atoms with E-state index in [-0.39, 0.29) is 13.2 Å². The van der Waals surface area contributed by atoms with Crippen molar-refractivity contribution in [3.8, 4) is 0 Å². The minimum absolute atomic E-state index is 0.137. The molecule has 2 aromatic carbocycles. The molecule has 0 radical (unpaired) electrons. The van der Waals surface area contributed by atoms with Gasteiger partial charge in [-0.3, -0.25) is 0 Å². The summed E-state index contributed by atoms with van der Waals surface area (Å²) >= 11 is 0. The van der Waals surface area contributed by atoms with Crippen molar-refractivity contribution in [1.82, 2.24) is 21.3 Å². The maximum atomic E-state index is 12.1. The van der Waals surface area contributed by atoms with E-state index in [1.807, 2.05) is 12.1 Å². The van der Waals surface area contributed by atoms with Crippen molar-refractivity contribution in [3.63, 3.8) is 0 Å². The van der Waals surface area contributed by atoms with Crippen LogP contribution in [0.4, 0.5) is 9.59 Å². The van der Waals surface area contributed by atoms with Crippen molar-refractivity contribution in [2.24, 2.45) is 0 Å². The highest BCUT2D eigenvalue weighted by atomic mass is 16.5. The number of benzene rings is 2. The zero-order valence-electron chi connectivity index (χ0n) is 18.9. The Kier molecular flexibility index (Phi) is 10.6. The van der Waals surface area contributed by atoms with Crippen molar-refractivity contribution < 1.29 is 28.7 Å². The molecule has 0 aliphatic heterocycles. The molecule has 0 aliphatic carbocycles. The van der Waals surface area contributed by atoms with Crippen LogP contribution in [0.25, 0.3) is 0 Å². The van der Waals surface area contributed by atoms with Gasteiger partial charge in [0.25, 0.3) is 0 Å². The summed E-state index contributed by atoms with van der Waals surface area (Å²) in [5, 5.41) is 10.3. The van der Waals surface area contributed by atoms with Gasteiger partial charge in [-0.05, 0) is 11.1 Å². The molecule has 0 saturated heterocycles. The van der Waals surface area contributed by atoms with Crippen LogP contribution < -0.4 is 21.3 Å². The van der Waals surface area contributed by atoms with Crippen LogP contribution >= 0.6 is 0 Å². The third-order valence-electron chi connectivity index (χ3n) is 4.61. The number of hydrogen-bond donors (Lipinski definition) is 4. The van der Waals surface area contributed by atoms with E-state index in [0.29, 0.717) is 0 Å². The van der Waals surface area contributed by atoms with E-state index >= 15 is 0 Å². The first-order chi connectivity index (χ1) is 16.4. The molecule has 0 fully saturated rings. The van der Waals surface area contributed by atoms with Crippen LogP contribution in [0.5, 0.6) is 0 Å². The number of rotatable bonds is 10. The highest BCUT2D eigenvalue weighted by Crippen LogP contribution is 2.14. The molecule has 4 amide bonds. The third-order valence-corrected chi connectivity index (χ3v) is 4.61. The predicted octanol–water partition coefficient (Wildman–Crippen LogP) is 1.97. The first kappa shape index (κ1) is 25.9. The summed E-state index contributed by atoms with van der Waals surface area (Å²) in [6.45, 7) is -0.274. The summed E-state index contributed by atoms with van der Waals surface area (Å²) < 4.78 is 10.4. The second-order valence-electron chi connectivity index (χ2n) is 6.97. The van der Waals surface area contributed by atoms with Crippen molar-refractivity contribution in [3.05, 3.63) is 83.9 Å². The fourth-order valence-corrected chi connectivity index (χ4v) is 2.84. The lowest BCUT2D eigenvalue weighted by atomic mass is 10.1. The molecular formula is C24H28N4O6. The van der Waals surface area contributed by atoms with Crippen LogP contribution in [-0.4, -0.2) is 51.3 Å². The number of carbonyl (C=O) groups is 4. The van der Waals surface area contributed by atoms with Crippen LogP contribution in [0.3, 0.4) is 0 Å². The van der Waals surface area contributed by atoms with Gasteiger partial charge in [0.1, 0.15) is 13.2 Å². The van der Waals surface area contributed by atoms with E-state index in [2.05, 4.69) is 21.3 Å². The molecule has 0 bridgehead atoms. The lowest BCUT2D eigenvalue weighted by Crippen LogP contribution is -2.38. The fourth-order valence-electron chi connectivity index (χ4n) is 2.84. The molecule has 10 heteroatoms. The maximum absolute atomic E-state index is 12.1. The molecular weight excluding hydrogens is 440 g/mol. The number of carbonyl (C=O) groups excluding carboxylic acids is 4. The summed E-state index contributed by atoms with van der Waals surface area (Å²) in [6.07, 6.45) is 1.88. The average molecular weight is 469 g/mol. The van der Waals surface area contributed by atoms with Gasteiger partial charge in [-0.25, -0.2) is 19.2 Å². The minimum atomic E-state index is -0.778. The molecule has 2 atom stereocenters. The summed E-state index contributed by atoms with van der Waals surface area (Å²) in [6, 6.07) is 16.0. The van der Waals surface area contributed by atoms with Crippen molar-refractivity contribution in [1.29, 1.82) is 0 Å². The molecule has 0 saturated carbocycles. The number of esters is 2. The lowest BCUT2D eigenvalue weighted by molar-refractivity contribution is -0.141. The largest absolute Gasteiger partial charge is 0.460 e. The molecule has 4 N–H and O–H groups in total. The van der Waals surface area contributed by atoms with Crippen molar-refractivity contribution >= 4 is 24.0 Å². The first-order valence-corrected chi connectivity index (χ1v) is 10.5. The van der Waals surface area contributed by atoms with Crippen LogP contribution in [0.2, 0.25) is 0 Å². The Hall–Kier alpha value is -4.34. The lowest BCUT2D eigenvalue weighted by Gasteiger charge is -2.19. The van der Waals surface area contributed by atoms with Gasteiger partial charge in [0.2, 0.25) is 0 Å². The minimum Gasteiger partial charge on any atom is -0.460 e. The van der Waals surface area contributed by atoms with E-state index in [1.165, 1.54) is 14.1 Å². The molecule has 2 aromatic rings. The van der Waals surface area contributed by atoms with Gasteiger partial charge in [0.15, 0.2) is 0 Å². The number of hydrogen-bond acceptors (Lipinski definition) is 6. The van der Waals surface area contributed by atoms with Gasteiger partial charge in [-0.1, -0.05) is 60.7 Å². The highest BCUT2D eigenvalue weighted by molar-refractivity contribution is 5.91. The molecule has 0 unspecified atom stereocenters. The molecule has 10 nitrogen and oxygen atoms in total. The zero-order valence-corrected chi connectivity index (χ0v) is 18.9. The van der Waals surface area contributed by atoms with Crippen molar-refractivity contribution in [2.45, 2.75) is 12.1 Å². The quantitative estimate of drug-likeness (QED) is 0.311. The standard InChI is InChI=1S/C24H28N4O6/c1-25-23(31)27-19(17-9-5-3-6-10-17)15-33-21(29)13-14-22(30)34-16-20(28-24(32)26-2)18-11-7-4-8-12-18/h3-14,19-20H,15-16H2,1-2H3,(H2,25,27,31)(H2,26,28,32)/b14-13+/t19-,20-/m0/s1. The summed E-state index contributed by atoms with van der Waals surface area (Å²) in [7, 11) is 2.95. The molecule has 0 heterocycles. The van der Waals surface area contributed by atoms with Gasteiger partial charge in [0.05, 0.1) is 12.1 Å². The summed E-state index contributed by atoms with van der Waals surface area (Å²) in [4.78, 5) is 47.5. The normalized spacial score (nSPS) is 12.2. The van der Waals surface area contributed by atoms with Crippen LogP contribution in [-0.2, 0) is 19.1 Å². The highest BCUT2D eigenvalue weighted by Gasteiger charge is 2.17. The number of ether oxygens (including phenoxy) is 2. The Labute approximate surface area is 197 Å². The summed E-state index contributed by atoms with van der Waals surface area (Å²) in [5.74, 6) is -1.56. The Morgan fingerprint density at radius 2 is 1.03 bits per heavy atom. The van der Waals surface area contributed by atoms with Crippen LogP contribution in [0, 0.1) is 0 Å². The molecule has 2 rings (SSSR count). The van der Waals surface area contributed by atoms with Gasteiger partial charge in [-0.2, -0.15) is 0 Å². The number of amides is 4. The van der Waals surface area contributed by atoms with Crippen LogP contribution in [0.1, 0.15) is 23.2 Å². The predicted molar refractivity (Wildman–Crippen MR) is 125 cm³/mol. The van der Waals surface area contributed by atoms with Gasteiger partial charge in [0, 0.05) is 26.2 Å². The van der Waals surface area contributed by atoms with E-state index < -0.39 is 36.1 Å². The molecule has 0 spiro atoms. The summed E-state index contributed by atoms with van der Waals surface area (Å²) in [5.41, 5.74) is 1.50. The van der Waals surface area contributed by atoms with Gasteiger partial charge < -0.3 is 30.7 Å². The fraction of sp³-hybridized carbons (Fsp3) is 0.250. The SMILES string of the molecule is CNC(=O)N[C@@H](COC(=O)/C=C/C(=O)OC[C@H](NC(=O)NC)c1ccccc1)c1ccccc1. The van der Waals surface area contributed by atoms with E-state index in [1.54, 1.807) is 48.5 Å². The third kappa shape index (κ3) is 9.03. The monoisotopic (exact) mass is 468 g/mol. The molecule has 180 valence electrons. The molecule has 0 aromatic heterocycles. The molecule has 0 aliphatic rings. The van der Waals surface area contributed by atoms with Gasteiger partial charge in [-0.15, -0.1) is 0 Å². The second-order valence-corrected chi connectivity index (χ2v) is 6.97. The Morgan fingerprint density at radius 1 is 0.676 bits per heavy atom. The Balaban J connectivity index is 1.89. The van der Waals surface area contributed by atoms with E-state index in [9.17, 15) is 19.2 Å². The average Bonchev–Trinajstić information content (AvgIpc) is 2.88. The topological polar surface area (TPSA) is 135 Å². The second kappa shape index (κ2) is 13.9. The maximum Gasteiger partial charge on any atom is 0.331 e. The smallest absolute Gasteiger partial charge is 0.331 e. The zero-order chi connectivity index (χ0) is 24.8. The molecule has 34 heavy (non-hydrogen) atoms. The first-order valence-electron chi connectivity index (χ1n) is 10.5. The van der Waals surface area contributed by atoms with Crippen molar-refractivity contribution in [2.75, 3.05) is 27.3 Å². The van der Waals surface area contributed by atoms with E-state index in [4.69, 9.17) is 9.47 Å².